The smallest absolute Gasteiger partial charge is 0.278 e. The van der Waals surface area contributed by atoms with Crippen LogP contribution < -0.4 is 10.1 Å². The molecule has 1 spiro atoms. The highest BCUT2D eigenvalue weighted by Crippen LogP contribution is 2.37. The third kappa shape index (κ3) is 3.21. The number of likely N-dealkylation sites (tertiary alicyclic amines) is 1. The summed E-state index contributed by atoms with van der Waals surface area (Å²) >= 11 is 0. The molecule has 0 unspecified atom stereocenters. The largest absolute Gasteiger partial charge is 0.490 e. The van der Waals surface area contributed by atoms with E-state index in [2.05, 4.69) is 10.4 Å². The first-order valence-corrected chi connectivity index (χ1v) is 9.49. The summed E-state index contributed by atoms with van der Waals surface area (Å²) in [5, 5.41) is 8.02. The monoisotopic (exact) mass is 354 g/mol. The Bertz CT molecular complexity index is 755. The topological polar surface area (TPSA) is 59.4 Å². The van der Waals surface area contributed by atoms with Gasteiger partial charge in [0.2, 0.25) is 0 Å². The van der Waals surface area contributed by atoms with Gasteiger partial charge >= 0.3 is 0 Å². The van der Waals surface area contributed by atoms with E-state index in [1.165, 1.54) is 6.42 Å². The standard InChI is InChI=1S/C20H26N4O2/c1-2-26-17-14-24(16-6-4-3-5-7-16)22-18(17)19(25)23-12-9-20(10-13-23)8-11-21-15-20/h3-7,14,21H,2,8-13,15H2,1H3. The van der Waals surface area contributed by atoms with Gasteiger partial charge in [-0.15, -0.1) is 0 Å². The highest BCUT2D eigenvalue weighted by molar-refractivity contribution is 5.95. The van der Waals surface area contributed by atoms with Gasteiger partial charge in [-0.25, -0.2) is 4.68 Å². The van der Waals surface area contributed by atoms with E-state index in [0.29, 0.717) is 23.5 Å². The number of ether oxygens (including phenoxy) is 1. The number of piperidine rings is 1. The van der Waals surface area contributed by atoms with Crippen LogP contribution >= 0.6 is 0 Å². The minimum absolute atomic E-state index is 0.0241. The average Bonchev–Trinajstić information content (AvgIpc) is 3.31. The Hall–Kier alpha value is -2.34. The molecule has 0 radical (unpaired) electrons. The number of para-hydroxylation sites is 1. The number of benzene rings is 1. The molecule has 6 heteroatoms. The number of aromatic nitrogens is 2. The fourth-order valence-electron chi connectivity index (χ4n) is 4.04. The number of hydrogen-bond donors (Lipinski definition) is 1. The zero-order valence-corrected chi connectivity index (χ0v) is 15.3. The van der Waals surface area contributed by atoms with E-state index >= 15 is 0 Å². The van der Waals surface area contributed by atoms with E-state index in [9.17, 15) is 4.79 Å². The number of carbonyl (C=O) groups is 1. The number of hydrogen-bond acceptors (Lipinski definition) is 4. The van der Waals surface area contributed by atoms with Crippen LogP contribution in [0.3, 0.4) is 0 Å². The Morgan fingerprint density at radius 1 is 1.23 bits per heavy atom. The molecule has 0 atom stereocenters. The summed E-state index contributed by atoms with van der Waals surface area (Å²) in [5.74, 6) is 0.535. The van der Waals surface area contributed by atoms with E-state index in [-0.39, 0.29) is 5.91 Å². The van der Waals surface area contributed by atoms with Gasteiger partial charge in [-0.1, -0.05) is 18.2 Å². The fraction of sp³-hybridized carbons (Fsp3) is 0.500. The zero-order valence-electron chi connectivity index (χ0n) is 15.3. The van der Waals surface area contributed by atoms with Crippen LogP contribution in [0.25, 0.3) is 5.69 Å². The first kappa shape index (κ1) is 17.1. The minimum Gasteiger partial charge on any atom is -0.490 e. The molecule has 6 nitrogen and oxygen atoms in total. The van der Waals surface area contributed by atoms with Gasteiger partial charge in [0.05, 0.1) is 18.5 Å². The minimum atomic E-state index is -0.0241. The molecule has 2 aromatic rings. The van der Waals surface area contributed by atoms with Crippen LogP contribution in [-0.4, -0.2) is 53.4 Å². The maximum Gasteiger partial charge on any atom is 0.278 e. The predicted molar refractivity (Wildman–Crippen MR) is 99.8 cm³/mol. The van der Waals surface area contributed by atoms with Crippen molar-refractivity contribution in [3.63, 3.8) is 0 Å². The Balaban J connectivity index is 1.54. The molecule has 3 heterocycles. The van der Waals surface area contributed by atoms with Crippen molar-refractivity contribution in [2.24, 2.45) is 5.41 Å². The summed E-state index contributed by atoms with van der Waals surface area (Å²) in [6.45, 7) is 6.21. The number of amides is 1. The molecule has 2 fully saturated rings. The van der Waals surface area contributed by atoms with Crippen molar-refractivity contribution in [1.29, 1.82) is 0 Å². The normalized spacial score (nSPS) is 19.0. The number of nitrogens with one attached hydrogen (secondary N) is 1. The summed E-state index contributed by atoms with van der Waals surface area (Å²) < 4.78 is 7.43. The molecule has 0 saturated carbocycles. The van der Waals surface area contributed by atoms with Gasteiger partial charge < -0.3 is 15.0 Å². The van der Waals surface area contributed by atoms with Crippen molar-refractivity contribution in [3.05, 3.63) is 42.2 Å². The lowest BCUT2D eigenvalue weighted by atomic mass is 9.78. The van der Waals surface area contributed by atoms with Crippen molar-refractivity contribution in [1.82, 2.24) is 20.0 Å². The van der Waals surface area contributed by atoms with E-state index in [0.717, 1.165) is 44.7 Å². The Kier molecular flexibility index (Phi) is 4.68. The predicted octanol–water partition coefficient (Wildman–Crippen LogP) is 2.49. The van der Waals surface area contributed by atoms with Gasteiger partial charge in [0.1, 0.15) is 0 Å². The summed E-state index contributed by atoms with van der Waals surface area (Å²) in [6, 6.07) is 9.81. The summed E-state index contributed by atoms with van der Waals surface area (Å²) in [6.07, 6.45) is 5.16. The maximum absolute atomic E-state index is 13.1. The quantitative estimate of drug-likeness (QED) is 0.916. The van der Waals surface area contributed by atoms with Gasteiger partial charge in [-0.05, 0) is 50.3 Å². The molecule has 1 N–H and O–H groups in total. The van der Waals surface area contributed by atoms with E-state index in [1.807, 2.05) is 42.2 Å². The summed E-state index contributed by atoms with van der Waals surface area (Å²) in [7, 11) is 0. The molecular weight excluding hydrogens is 328 g/mol. The van der Waals surface area contributed by atoms with E-state index < -0.39 is 0 Å². The lowest BCUT2D eigenvalue weighted by Gasteiger charge is -2.38. The molecule has 4 rings (SSSR count). The molecule has 0 aliphatic carbocycles. The van der Waals surface area contributed by atoms with Gasteiger partial charge in [0.25, 0.3) is 5.91 Å². The van der Waals surface area contributed by atoms with Crippen LogP contribution in [0.1, 0.15) is 36.7 Å². The van der Waals surface area contributed by atoms with E-state index in [1.54, 1.807) is 10.9 Å². The third-order valence-corrected chi connectivity index (χ3v) is 5.65. The van der Waals surface area contributed by atoms with Crippen LogP contribution in [-0.2, 0) is 0 Å². The molecule has 2 saturated heterocycles. The van der Waals surface area contributed by atoms with Crippen LogP contribution in [0.5, 0.6) is 5.75 Å². The molecule has 1 aromatic heterocycles. The summed E-state index contributed by atoms with van der Waals surface area (Å²) in [4.78, 5) is 15.0. The zero-order chi connectivity index (χ0) is 18.0. The van der Waals surface area contributed by atoms with Gasteiger partial charge in [0.15, 0.2) is 11.4 Å². The second kappa shape index (κ2) is 7.11. The highest BCUT2D eigenvalue weighted by Gasteiger charge is 2.39. The first-order valence-electron chi connectivity index (χ1n) is 9.49. The van der Waals surface area contributed by atoms with Crippen LogP contribution in [0.4, 0.5) is 0 Å². The molecule has 1 aromatic carbocycles. The molecule has 0 bridgehead atoms. The van der Waals surface area contributed by atoms with Gasteiger partial charge in [-0.2, -0.15) is 5.10 Å². The van der Waals surface area contributed by atoms with Crippen molar-refractivity contribution in [2.75, 3.05) is 32.8 Å². The van der Waals surface area contributed by atoms with Crippen molar-refractivity contribution < 1.29 is 9.53 Å². The Labute approximate surface area is 154 Å². The second-order valence-electron chi connectivity index (χ2n) is 7.27. The van der Waals surface area contributed by atoms with Crippen molar-refractivity contribution in [2.45, 2.75) is 26.2 Å². The average molecular weight is 354 g/mol. The van der Waals surface area contributed by atoms with Crippen molar-refractivity contribution >= 4 is 5.91 Å². The Morgan fingerprint density at radius 3 is 2.65 bits per heavy atom. The van der Waals surface area contributed by atoms with Crippen LogP contribution in [0.2, 0.25) is 0 Å². The number of rotatable bonds is 4. The van der Waals surface area contributed by atoms with Crippen molar-refractivity contribution in [3.8, 4) is 11.4 Å². The molecule has 1 amide bonds. The number of carbonyl (C=O) groups excluding carboxylic acids is 1. The van der Waals surface area contributed by atoms with Crippen LogP contribution in [0, 0.1) is 5.41 Å². The SMILES string of the molecule is CCOc1cn(-c2ccccc2)nc1C(=O)N1CCC2(CCNC2)CC1. The third-order valence-electron chi connectivity index (χ3n) is 5.65. The highest BCUT2D eigenvalue weighted by atomic mass is 16.5. The number of nitrogens with zero attached hydrogens (tertiary/aromatic N) is 3. The Morgan fingerprint density at radius 2 is 2.00 bits per heavy atom. The molecule has 2 aliphatic heterocycles. The van der Waals surface area contributed by atoms with Gasteiger partial charge in [-0.3, -0.25) is 4.79 Å². The van der Waals surface area contributed by atoms with Gasteiger partial charge in [0, 0.05) is 19.6 Å². The fourth-order valence-corrected chi connectivity index (χ4v) is 4.04. The molecule has 138 valence electrons. The molecule has 26 heavy (non-hydrogen) atoms. The summed E-state index contributed by atoms with van der Waals surface area (Å²) in [5.41, 5.74) is 1.72. The van der Waals surface area contributed by atoms with Crippen LogP contribution in [0.15, 0.2) is 36.5 Å². The maximum atomic E-state index is 13.1. The van der Waals surface area contributed by atoms with E-state index in [4.69, 9.17) is 4.74 Å². The lowest BCUT2D eigenvalue weighted by Crippen LogP contribution is -2.44. The first-order chi connectivity index (χ1) is 12.7. The lowest BCUT2D eigenvalue weighted by molar-refractivity contribution is 0.0598. The molecular formula is C20H26N4O2. The second-order valence-corrected chi connectivity index (χ2v) is 7.27. The molecule has 2 aliphatic rings.